The molecule has 0 amide bonds. The Bertz CT molecular complexity index is 1580. The number of fused-ring (bicyclic) bond motifs is 1. The number of hydrogen-bond acceptors (Lipinski definition) is 5. The second-order valence-electron chi connectivity index (χ2n) is 10.6. The van der Waals surface area contributed by atoms with E-state index in [0.29, 0.717) is 0 Å². The third-order valence-corrected chi connectivity index (χ3v) is 8.77. The molecule has 5 aromatic rings. The number of nitrogens with zero attached hydrogens (tertiary/aromatic N) is 4. The number of aromatic hydroxyl groups is 1. The van der Waals surface area contributed by atoms with E-state index in [1.165, 1.54) is 21.6 Å². The summed E-state index contributed by atoms with van der Waals surface area (Å²) in [6, 6.07) is 27.3. The molecule has 212 valence electrons. The van der Waals surface area contributed by atoms with Crippen LogP contribution in [0.1, 0.15) is 30.7 Å². The number of pyridine rings is 1. The second kappa shape index (κ2) is 12.9. The fraction of sp³-hybridized carbons (Fsp3) is 0.286. The standard InChI is InChI=1S/C33H34N4OS.C2H6/c1-23-4-14-30(15-5-23)39-37-24(2)32(27-10-12-29(38)13-11-27)31-20-28(21-34-33(31)37)26-8-6-25(7-9-26)22-36-18-16-35(3)17-19-36;1-2/h4-15,20-21,38H,16-19,22H2,1-3H3;1-2H3. The molecule has 1 fully saturated rings. The number of hydrogen-bond donors (Lipinski definition) is 1. The monoisotopic (exact) mass is 564 g/mol. The molecule has 0 atom stereocenters. The molecule has 41 heavy (non-hydrogen) atoms. The van der Waals surface area contributed by atoms with Crippen LogP contribution in [0.4, 0.5) is 0 Å². The SMILES string of the molecule is CC.Cc1ccc(Sn2c(C)c(-c3ccc(O)cc3)c3cc(-c4ccc(CN5CCN(C)CC5)cc4)cnc32)cc1. The van der Waals surface area contributed by atoms with Crippen LogP contribution in [0, 0.1) is 13.8 Å². The maximum atomic E-state index is 9.91. The lowest BCUT2D eigenvalue weighted by Gasteiger charge is -2.32. The summed E-state index contributed by atoms with van der Waals surface area (Å²) in [5, 5.41) is 11.0. The molecule has 1 N–H and O–H groups in total. The van der Waals surface area contributed by atoms with Gasteiger partial charge in [-0.1, -0.05) is 67.9 Å². The topological polar surface area (TPSA) is 44.5 Å². The first kappa shape index (κ1) is 28.9. The van der Waals surface area contributed by atoms with Gasteiger partial charge in [0.25, 0.3) is 0 Å². The smallest absolute Gasteiger partial charge is 0.151 e. The summed E-state index contributed by atoms with van der Waals surface area (Å²) < 4.78 is 2.23. The minimum absolute atomic E-state index is 0.268. The van der Waals surface area contributed by atoms with Gasteiger partial charge in [0.15, 0.2) is 5.65 Å². The van der Waals surface area contributed by atoms with E-state index in [1.54, 1.807) is 24.1 Å². The zero-order valence-corrected chi connectivity index (χ0v) is 25.6. The van der Waals surface area contributed by atoms with E-state index in [1.807, 2.05) is 32.2 Å². The summed E-state index contributed by atoms with van der Waals surface area (Å²) in [7, 11) is 2.20. The largest absolute Gasteiger partial charge is 0.508 e. The summed E-state index contributed by atoms with van der Waals surface area (Å²) in [6.45, 7) is 13.8. The first-order valence-electron chi connectivity index (χ1n) is 14.5. The summed E-state index contributed by atoms with van der Waals surface area (Å²) in [5.74, 6) is 0.268. The quantitative estimate of drug-likeness (QED) is 0.226. The van der Waals surface area contributed by atoms with Crippen molar-refractivity contribution >= 4 is 23.0 Å². The first-order valence-corrected chi connectivity index (χ1v) is 15.3. The molecule has 1 aliphatic rings. The van der Waals surface area contributed by atoms with E-state index >= 15 is 0 Å². The number of phenols is 1. The van der Waals surface area contributed by atoms with Crippen molar-refractivity contribution in [3.63, 3.8) is 0 Å². The Balaban J connectivity index is 0.00000165. The van der Waals surface area contributed by atoms with Crippen molar-refractivity contribution in [1.29, 1.82) is 0 Å². The normalized spacial score (nSPS) is 14.2. The van der Waals surface area contributed by atoms with Gasteiger partial charge in [-0.25, -0.2) is 4.98 Å². The Morgan fingerprint density at radius 2 is 1.41 bits per heavy atom. The van der Waals surface area contributed by atoms with E-state index in [2.05, 4.69) is 89.3 Å². The molecular weight excluding hydrogens is 524 g/mol. The lowest BCUT2D eigenvalue weighted by atomic mass is 10.00. The minimum Gasteiger partial charge on any atom is -0.508 e. The molecule has 0 saturated carbocycles. The highest BCUT2D eigenvalue weighted by Crippen LogP contribution is 2.40. The molecule has 0 aliphatic carbocycles. The molecule has 0 unspecified atom stereocenters. The van der Waals surface area contributed by atoms with Crippen LogP contribution in [0.2, 0.25) is 0 Å². The highest BCUT2D eigenvalue weighted by atomic mass is 32.2. The fourth-order valence-corrected chi connectivity index (χ4v) is 6.22. The lowest BCUT2D eigenvalue weighted by Crippen LogP contribution is -2.43. The summed E-state index contributed by atoms with van der Waals surface area (Å²) in [4.78, 5) is 11.1. The molecule has 3 aromatic carbocycles. The highest BCUT2D eigenvalue weighted by molar-refractivity contribution is 7.98. The van der Waals surface area contributed by atoms with Crippen LogP contribution in [0.5, 0.6) is 5.75 Å². The average molecular weight is 565 g/mol. The third kappa shape index (κ3) is 6.51. The van der Waals surface area contributed by atoms with Crippen molar-refractivity contribution in [1.82, 2.24) is 18.8 Å². The molecular formula is C35H40N4OS. The van der Waals surface area contributed by atoms with E-state index in [9.17, 15) is 5.11 Å². The van der Waals surface area contributed by atoms with Gasteiger partial charge in [-0.05, 0) is 79.9 Å². The van der Waals surface area contributed by atoms with Crippen LogP contribution in [0.15, 0.2) is 90.0 Å². The number of benzene rings is 3. The van der Waals surface area contributed by atoms with Crippen LogP contribution in [0.3, 0.4) is 0 Å². The third-order valence-electron chi connectivity index (χ3n) is 7.66. The van der Waals surface area contributed by atoms with Gasteiger partial charge in [0, 0.05) is 66.0 Å². The molecule has 6 heteroatoms. The molecule has 2 aromatic heterocycles. The molecule has 0 bridgehead atoms. The van der Waals surface area contributed by atoms with Gasteiger partial charge < -0.3 is 10.0 Å². The minimum atomic E-state index is 0.268. The van der Waals surface area contributed by atoms with Gasteiger partial charge in [0.1, 0.15) is 5.75 Å². The van der Waals surface area contributed by atoms with Gasteiger partial charge in [0.2, 0.25) is 0 Å². The maximum Gasteiger partial charge on any atom is 0.151 e. The van der Waals surface area contributed by atoms with Gasteiger partial charge in [-0.2, -0.15) is 0 Å². The molecule has 0 spiro atoms. The van der Waals surface area contributed by atoms with Crippen molar-refractivity contribution in [3.05, 3.63) is 102 Å². The highest BCUT2D eigenvalue weighted by Gasteiger charge is 2.19. The van der Waals surface area contributed by atoms with Crippen molar-refractivity contribution in [2.75, 3.05) is 33.2 Å². The van der Waals surface area contributed by atoms with Gasteiger partial charge in [-0.15, -0.1) is 0 Å². The van der Waals surface area contributed by atoms with Gasteiger partial charge >= 0.3 is 0 Å². The molecule has 1 saturated heterocycles. The van der Waals surface area contributed by atoms with Crippen molar-refractivity contribution < 1.29 is 5.11 Å². The Labute approximate surface area is 248 Å². The molecule has 1 aliphatic heterocycles. The van der Waals surface area contributed by atoms with Crippen LogP contribution in [-0.4, -0.2) is 57.1 Å². The Morgan fingerprint density at radius 1 is 0.780 bits per heavy atom. The van der Waals surface area contributed by atoms with Gasteiger partial charge in [0.05, 0.1) is 0 Å². The zero-order valence-electron chi connectivity index (χ0n) is 24.8. The van der Waals surface area contributed by atoms with Gasteiger partial charge in [-0.3, -0.25) is 8.87 Å². The van der Waals surface area contributed by atoms with Crippen LogP contribution in [-0.2, 0) is 6.54 Å². The van der Waals surface area contributed by atoms with Crippen molar-refractivity contribution in [3.8, 4) is 28.0 Å². The van der Waals surface area contributed by atoms with E-state index in [4.69, 9.17) is 4.98 Å². The Morgan fingerprint density at radius 3 is 2.07 bits per heavy atom. The molecule has 5 nitrogen and oxygen atoms in total. The average Bonchev–Trinajstić information content (AvgIpc) is 3.27. The zero-order chi connectivity index (χ0) is 28.9. The van der Waals surface area contributed by atoms with E-state index < -0.39 is 0 Å². The molecule has 6 rings (SSSR count). The Hall–Kier alpha value is -3.58. The van der Waals surface area contributed by atoms with E-state index in [-0.39, 0.29) is 5.75 Å². The predicted molar refractivity (Wildman–Crippen MR) is 174 cm³/mol. The first-order chi connectivity index (χ1) is 19.9. The lowest BCUT2D eigenvalue weighted by molar-refractivity contribution is 0.148. The van der Waals surface area contributed by atoms with Crippen LogP contribution < -0.4 is 0 Å². The summed E-state index contributed by atoms with van der Waals surface area (Å²) in [5.41, 5.74) is 9.15. The number of aryl methyl sites for hydroxylation is 1. The summed E-state index contributed by atoms with van der Waals surface area (Å²) >= 11 is 1.69. The number of likely N-dealkylation sites (N-methyl/N-ethyl adjacent to an activating group) is 1. The second-order valence-corrected chi connectivity index (χ2v) is 11.6. The number of rotatable bonds is 6. The van der Waals surface area contributed by atoms with E-state index in [0.717, 1.165) is 66.1 Å². The van der Waals surface area contributed by atoms with Crippen LogP contribution >= 0.6 is 11.9 Å². The molecule has 3 heterocycles. The fourth-order valence-electron chi connectivity index (χ4n) is 5.29. The maximum absolute atomic E-state index is 9.91. The molecule has 0 radical (unpaired) electrons. The number of phenolic OH excluding ortho intramolecular Hbond substituents is 1. The van der Waals surface area contributed by atoms with Crippen LogP contribution in [0.25, 0.3) is 33.3 Å². The number of aromatic nitrogens is 2. The summed E-state index contributed by atoms with van der Waals surface area (Å²) in [6.07, 6.45) is 1.99. The predicted octanol–water partition coefficient (Wildman–Crippen LogP) is 8.02. The van der Waals surface area contributed by atoms with Crippen molar-refractivity contribution in [2.24, 2.45) is 0 Å². The van der Waals surface area contributed by atoms with Crippen molar-refractivity contribution in [2.45, 2.75) is 39.1 Å². The Kier molecular flexibility index (Phi) is 9.13. The number of piperazine rings is 1.